The van der Waals surface area contributed by atoms with E-state index in [4.69, 9.17) is 0 Å². The molecule has 0 aromatic heterocycles. The van der Waals surface area contributed by atoms with Crippen molar-refractivity contribution in [1.29, 1.82) is 0 Å². The highest BCUT2D eigenvalue weighted by Gasteiger charge is 2.32. The van der Waals surface area contributed by atoms with Crippen molar-refractivity contribution >= 4 is 0 Å². The van der Waals surface area contributed by atoms with Crippen LogP contribution in [0.1, 0.15) is 26.7 Å². The van der Waals surface area contributed by atoms with E-state index < -0.39 is 6.43 Å². The summed E-state index contributed by atoms with van der Waals surface area (Å²) in [6.07, 6.45) is 0.122. The first-order valence-electron chi connectivity index (χ1n) is 5.62. The molecule has 0 aromatic carbocycles. The summed E-state index contributed by atoms with van der Waals surface area (Å²) in [4.78, 5) is 1.72. The van der Waals surface area contributed by atoms with Crippen LogP contribution in [0.4, 0.5) is 8.78 Å². The first-order chi connectivity index (χ1) is 6.92. The van der Waals surface area contributed by atoms with Gasteiger partial charge in [-0.05, 0) is 31.8 Å². The molecule has 90 valence electrons. The standard InChI is InChI=1S/C11H22F2N2/c1-11(2)5-4-6-14-9(11)7-15(3)8-10(12)13/h9-10,14H,4-8H2,1-3H3. The SMILES string of the molecule is CN(CC(F)F)CC1NCCCC1(C)C. The van der Waals surface area contributed by atoms with Crippen LogP contribution in [0, 0.1) is 5.41 Å². The Labute approximate surface area is 91.0 Å². The number of likely N-dealkylation sites (N-methyl/N-ethyl adjacent to an activating group) is 1. The van der Waals surface area contributed by atoms with Crippen LogP contribution in [0.3, 0.4) is 0 Å². The van der Waals surface area contributed by atoms with Gasteiger partial charge in [-0.25, -0.2) is 8.78 Å². The van der Waals surface area contributed by atoms with Gasteiger partial charge < -0.3 is 5.32 Å². The summed E-state index contributed by atoms with van der Waals surface area (Å²) in [7, 11) is 1.76. The zero-order valence-electron chi connectivity index (χ0n) is 9.89. The summed E-state index contributed by atoms with van der Waals surface area (Å²) < 4.78 is 24.3. The summed E-state index contributed by atoms with van der Waals surface area (Å²) in [6.45, 7) is 6.00. The Balaban J connectivity index is 2.41. The van der Waals surface area contributed by atoms with E-state index in [-0.39, 0.29) is 12.0 Å². The third-order valence-corrected chi connectivity index (χ3v) is 3.28. The average molecular weight is 220 g/mol. The maximum absolute atomic E-state index is 12.2. The Morgan fingerprint density at radius 2 is 2.13 bits per heavy atom. The molecule has 1 N–H and O–H groups in total. The van der Waals surface area contributed by atoms with Gasteiger partial charge in [0.05, 0.1) is 6.54 Å². The molecule has 15 heavy (non-hydrogen) atoms. The second-order valence-corrected chi connectivity index (χ2v) is 5.21. The quantitative estimate of drug-likeness (QED) is 0.779. The summed E-state index contributed by atoms with van der Waals surface area (Å²) in [6, 6.07) is 0.329. The number of hydrogen-bond donors (Lipinski definition) is 1. The zero-order chi connectivity index (χ0) is 11.5. The molecular weight excluding hydrogens is 198 g/mol. The molecule has 0 amide bonds. The molecule has 0 aliphatic carbocycles. The molecule has 0 aromatic rings. The third kappa shape index (κ3) is 4.03. The van der Waals surface area contributed by atoms with E-state index in [0.29, 0.717) is 12.6 Å². The molecule has 1 rings (SSSR count). The summed E-state index contributed by atoms with van der Waals surface area (Å²) in [5.41, 5.74) is 0.217. The molecule has 0 bridgehead atoms. The molecule has 1 heterocycles. The Bertz CT molecular complexity index is 195. The van der Waals surface area contributed by atoms with Gasteiger partial charge in [0.1, 0.15) is 0 Å². The molecule has 1 aliphatic heterocycles. The van der Waals surface area contributed by atoms with E-state index in [2.05, 4.69) is 19.2 Å². The first-order valence-corrected chi connectivity index (χ1v) is 5.62. The molecule has 0 spiro atoms. The Kier molecular flexibility index (Phi) is 4.46. The fourth-order valence-corrected chi connectivity index (χ4v) is 2.20. The smallest absolute Gasteiger partial charge is 0.251 e. The maximum atomic E-state index is 12.2. The second-order valence-electron chi connectivity index (χ2n) is 5.21. The van der Waals surface area contributed by atoms with Gasteiger partial charge in [-0.1, -0.05) is 13.8 Å². The summed E-state index contributed by atoms with van der Waals surface area (Å²) in [5.74, 6) is 0. The summed E-state index contributed by atoms with van der Waals surface area (Å²) in [5, 5.41) is 3.43. The fraction of sp³-hybridized carbons (Fsp3) is 1.00. The predicted octanol–water partition coefficient (Wildman–Crippen LogP) is 1.96. The lowest BCUT2D eigenvalue weighted by molar-refractivity contribution is 0.0758. The van der Waals surface area contributed by atoms with Crippen LogP contribution in [-0.2, 0) is 0 Å². The van der Waals surface area contributed by atoms with Crippen molar-refractivity contribution < 1.29 is 8.78 Å². The van der Waals surface area contributed by atoms with Crippen molar-refractivity contribution in [3.63, 3.8) is 0 Å². The first kappa shape index (κ1) is 12.8. The number of halogens is 2. The third-order valence-electron chi connectivity index (χ3n) is 3.28. The van der Waals surface area contributed by atoms with E-state index in [1.807, 2.05) is 0 Å². The van der Waals surface area contributed by atoms with E-state index >= 15 is 0 Å². The lowest BCUT2D eigenvalue weighted by atomic mass is 9.77. The van der Waals surface area contributed by atoms with Crippen molar-refractivity contribution in [2.45, 2.75) is 39.2 Å². The van der Waals surface area contributed by atoms with Gasteiger partial charge >= 0.3 is 0 Å². The molecule has 2 nitrogen and oxygen atoms in total. The van der Waals surface area contributed by atoms with E-state index in [9.17, 15) is 8.78 Å². The van der Waals surface area contributed by atoms with Gasteiger partial charge in [0.2, 0.25) is 0 Å². The molecular formula is C11H22F2N2. The minimum atomic E-state index is -2.23. The van der Waals surface area contributed by atoms with Gasteiger partial charge in [-0.3, -0.25) is 4.90 Å². The van der Waals surface area contributed by atoms with Crippen molar-refractivity contribution in [1.82, 2.24) is 10.2 Å². The number of nitrogens with zero attached hydrogens (tertiary/aromatic N) is 1. The number of hydrogen-bond acceptors (Lipinski definition) is 2. The normalized spacial score (nSPS) is 26.2. The molecule has 1 fully saturated rings. The van der Waals surface area contributed by atoms with Crippen LogP contribution in [-0.4, -0.2) is 44.0 Å². The zero-order valence-corrected chi connectivity index (χ0v) is 9.89. The van der Waals surface area contributed by atoms with Gasteiger partial charge in [0, 0.05) is 12.6 Å². The van der Waals surface area contributed by atoms with E-state index in [0.717, 1.165) is 6.54 Å². The van der Waals surface area contributed by atoms with Gasteiger partial charge in [-0.15, -0.1) is 0 Å². The predicted molar refractivity (Wildman–Crippen MR) is 58.3 cm³/mol. The van der Waals surface area contributed by atoms with Crippen molar-refractivity contribution in [2.24, 2.45) is 5.41 Å². The minimum absolute atomic E-state index is 0.131. The van der Waals surface area contributed by atoms with E-state index in [1.54, 1.807) is 11.9 Å². The lowest BCUT2D eigenvalue weighted by Gasteiger charge is -2.41. The molecule has 1 aliphatic rings. The Morgan fingerprint density at radius 3 is 2.67 bits per heavy atom. The molecule has 1 unspecified atom stereocenters. The van der Waals surface area contributed by atoms with Crippen LogP contribution in [0.25, 0.3) is 0 Å². The monoisotopic (exact) mass is 220 g/mol. The van der Waals surface area contributed by atoms with Crippen molar-refractivity contribution in [3.05, 3.63) is 0 Å². The average Bonchev–Trinajstić information content (AvgIpc) is 2.07. The second kappa shape index (κ2) is 5.21. The van der Waals surface area contributed by atoms with Crippen molar-refractivity contribution in [2.75, 3.05) is 26.7 Å². The Hall–Kier alpha value is -0.220. The van der Waals surface area contributed by atoms with Gasteiger partial charge in [-0.2, -0.15) is 0 Å². The number of alkyl halides is 2. The number of piperidine rings is 1. The Morgan fingerprint density at radius 1 is 1.47 bits per heavy atom. The highest BCUT2D eigenvalue weighted by atomic mass is 19.3. The molecule has 0 radical (unpaired) electrons. The number of rotatable bonds is 4. The van der Waals surface area contributed by atoms with Crippen molar-refractivity contribution in [3.8, 4) is 0 Å². The van der Waals surface area contributed by atoms with E-state index in [1.165, 1.54) is 12.8 Å². The lowest BCUT2D eigenvalue weighted by Crippen LogP contribution is -2.52. The van der Waals surface area contributed by atoms with Gasteiger partial charge in [0.15, 0.2) is 0 Å². The van der Waals surface area contributed by atoms with Crippen LogP contribution >= 0.6 is 0 Å². The largest absolute Gasteiger partial charge is 0.312 e. The van der Waals surface area contributed by atoms with Crippen LogP contribution < -0.4 is 5.32 Å². The highest BCUT2D eigenvalue weighted by Crippen LogP contribution is 2.30. The minimum Gasteiger partial charge on any atom is -0.312 e. The number of nitrogens with one attached hydrogen (secondary N) is 1. The van der Waals surface area contributed by atoms with Crippen LogP contribution in [0.15, 0.2) is 0 Å². The summed E-state index contributed by atoms with van der Waals surface area (Å²) >= 11 is 0. The van der Waals surface area contributed by atoms with Crippen LogP contribution in [0.5, 0.6) is 0 Å². The fourth-order valence-electron chi connectivity index (χ4n) is 2.20. The highest BCUT2D eigenvalue weighted by molar-refractivity contribution is 4.89. The topological polar surface area (TPSA) is 15.3 Å². The van der Waals surface area contributed by atoms with Crippen LogP contribution in [0.2, 0.25) is 0 Å². The maximum Gasteiger partial charge on any atom is 0.251 e. The molecule has 1 atom stereocenters. The molecule has 4 heteroatoms. The molecule has 1 saturated heterocycles. The van der Waals surface area contributed by atoms with Gasteiger partial charge in [0.25, 0.3) is 6.43 Å². The molecule has 0 saturated carbocycles.